The van der Waals surface area contributed by atoms with Crippen molar-refractivity contribution in [1.82, 2.24) is 34.4 Å². The smallest absolute Gasteiger partial charge is 0.246 e. The van der Waals surface area contributed by atoms with E-state index in [1.54, 1.807) is 37.6 Å². The number of hydrogen-bond acceptors (Lipinski definition) is 9. The molecule has 11 nitrogen and oxygen atoms in total. The predicted octanol–water partition coefficient (Wildman–Crippen LogP) is 4.90. The van der Waals surface area contributed by atoms with E-state index in [4.69, 9.17) is 9.72 Å². The van der Waals surface area contributed by atoms with Crippen molar-refractivity contribution in [3.63, 3.8) is 0 Å². The number of fused-ring (bicyclic) bond motifs is 2. The minimum Gasteiger partial charge on any atom is -0.455 e. The summed E-state index contributed by atoms with van der Waals surface area (Å²) in [5.74, 6) is 1.99. The average molecular weight is 580 g/mol. The molecule has 43 heavy (non-hydrogen) atoms. The van der Waals surface area contributed by atoms with Crippen molar-refractivity contribution in [2.45, 2.75) is 25.8 Å². The fraction of sp³-hybridized carbons (Fsp3) is 0.290. The van der Waals surface area contributed by atoms with Gasteiger partial charge in [0.15, 0.2) is 17.3 Å². The summed E-state index contributed by atoms with van der Waals surface area (Å²) in [6.07, 6.45) is 8.34. The monoisotopic (exact) mass is 579 g/mol. The summed E-state index contributed by atoms with van der Waals surface area (Å²) < 4.78 is 23.4. The third-order valence-corrected chi connectivity index (χ3v) is 8.18. The van der Waals surface area contributed by atoms with Crippen LogP contribution in [-0.2, 0) is 11.8 Å². The van der Waals surface area contributed by atoms with Crippen LogP contribution in [0.5, 0.6) is 11.5 Å². The molecule has 1 amide bonds. The first-order valence-corrected chi connectivity index (χ1v) is 14.2. The van der Waals surface area contributed by atoms with Gasteiger partial charge in [-0.1, -0.05) is 6.58 Å². The minimum absolute atomic E-state index is 0.0254. The Labute approximate surface area is 247 Å². The van der Waals surface area contributed by atoms with Crippen LogP contribution in [0.1, 0.15) is 18.4 Å². The number of aromatic nitrogens is 6. The van der Waals surface area contributed by atoms with E-state index in [9.17, 15) is 4.79 Å². The molecule has 0 radical (unpaired) electrons. The first-order chi connectivity index (χ1) is 20.9. The molecular formula is C31H30FN9O2. The quantitative estimate of drug-likeness (QED) is 0.269. The molecule has 1 unspecified atom stereocenters. The normalized spacial score (nSPS) is 17.0. The molecule has 4 aromatic heterocycles. The van der Waals surface area contributed by atoms with Gasteiger partial charge in [-0.25, -0.2) is 29.3 Å². The lowest BCUT2D eigenvalue weighted by atomic mass is 10.1. The topological polar surface area (TPSA) is 114 Å². The van der Waals surface area contributed by atoms with Gasteiger partial charge in [-0.05, 0) is 56.0 Å². The minimum atomic E-state index is -0.470. The zero-order valence-electron chi connectivity index (χ0n) is 23.9. The van der Waals surface area contributed by atoms with Crippen LogP contribution < -0.4 is 15.0 Å². The van der Waals surface area contributed by atoms with Crippen molar-refractivity contribution in [1.29, 1.82) is 0 Å². The van der Waals surface area contributed by atoms with Crippen molar-refractivity contribution < 1.29 is 13.9 Å². The number of aryl methyl sites for hydroxylation is 1. The molecule has 1 aromatic carbocycles. The summed E-state index contributed by atoms with van der Waals surface area (Å²) in [6, 6.07) is 9.03. The van der Waals surface area contributed by atoms with Crippen molar-refractivity contribution >= 4 is 45.4 Å². The summed E-state index contributed by atoms with van der Waals surface area (Å²) in [4.78, 5) is 39.0. The Balaban J connectivity index is 1.14. The average Bonchev–Trinajstić information content (AvgIpc) is 3.82. The van der Waals surface area contributed by atoms with E-state index in [1.807, 2.05) is 28.6 Å². The number of carbonyl (C=O) groups excluding carboxylic acids is 1. The molecule has 1 N–H and O–H groups in total. The summed E-state index contributed by atoms with van der Waals surface area (Å²) >= 11 is 0. The fourth-order valence-electron chi connectivity index (χ4n) is 5.67. The highest BCUT2D eigenvalue weighted by Gasteiger charge is 2.40. The number of amides is 1. The number of hydrogen-bond donors (Lipinski definition) is 1. The van der Waals surface area contributed by atoms with Crippen LogP contribution >= 0.6 is 0 Å². The summed E-state index contributed by atoms with van der Waals surface area (Å²) in [6.45, 7) is 7.28. The maximum absolute atomic E-state index is 15.6. The molecule has 7 rings (SSSR count). The third-order valence-electron chi connectivity index (χ3n) is 8.18. The Kier molecular flexibility index (Phi) is 6.60. The fourth-order valence-corrected chi connectivity index (χ4v) is 5.67. The molecule has 1 aliphatic carbocycles. The van der Waals surface area contributed by atoms with Crippen LogP contribution in [0.4, 0.5) is 21.7 Å². The SMILES string of the molecule is C=CC(=O)N1CCN(c2ccc3ncnc(Nc4ccc(Oc5cnc6c(c5)ncn6C)c(C)c4F)c3n2)CC1C1CC1. The molecular weight excluding hydrogens is 549 g/mol. The highest BCUT2D eigenvalue weighted by molar-refractivity contribution is 5.89. The van der Waals surface area contributed by atoms with E-state index < -0.39 is 5.82 Å². The summed E-state index contributed by atoms with van der Waals surface area (Å²) in [5.41, 5.74) is 3.15. The first kappa shape index (κ1) is 26.7. The predicted molar refractivity (Wildman–Crippen MR) is 161 cm³/mol. The Morgan fingerprint density at radius 1 is 1.12 bits per heavy atom. The Bertz CT molecular complexity index is 1890. The molecule has 2 fully saturated rings. The molecule has 1 saturated heterocycles. The maximum atomic E-state index is 15.6. The first-order valence-electron chi connectivity index (χ1n) is 14.2. The van der Waals surface area contributed by atoms with Gasteiger partial charge in [-0.3, -0.25) is 4.79 Å². The van der Waals surface area contributed by atoms with Gasteiger partial charge in [0, 0.05) is 38.3 Å². The van der Waals surface area contributed by atoms with E-state index in [2.05, 4.69) is 36.7 Å². The number of imidazole rings is 1. The molecule has 1 saturated carbocycles. The molecule has 5 aromatic rings. The Hall–Kier alpha value is -5.13. The van der Waals surface area contributed by atoms with Gasteiger partial charge < -0.3 is 24.4 Å². The van der Waals surface area contributed by atoms with Crippen molar-refractivity contribution in [3.05, 3.63) is 73.2 Å². The molecule has 12 heteroatoms. The van der Waals surface area contributed by atoms with E-state index >= 15 is 4.39 Å². The second-order valence-corrected chi connectivity index (χ2v) is 11.0. The van der Waals surface area contributed by atoms with E-state index in [0.717, 1.165) is 24.3 Å². The molecule has 0 bridgehead atoms. The molecule has 5 heterocycles. The van der Waals surface area contributed by atoms with Crippen molar-refractivity contribution in [3.8, 4) is 11.5 Å². The number of piperazine rings is 1. The number of nitrogens with zero attached hydrogens (tertiary/aromatic N) is 8. The molecule has 0 spiro atoms. The summed E-state index contributed by atoms with van der Waals surface area (Å²) in [7, 11) is 1.87. The van der Waals surface area contributed by atoms with E-state index in [1.165, 1.54) is 12.4 Å². The zero-order valence-corrected chi connectivity index (χ0v) is 23.9. The summed E-state index contributed by atoms with van der Waals surface area (Å²) in [5, 5.41) is 3.12. The van der Waals surface area contributed by atoms with Crippen LogP contribution in [0.3, 0.4) is 0 Å². The lowest BCUT2D eigenvalue weighted by Gasteiger charge is -2.42. The standard InChI is InChI=1S/C31H30FN9O2/c1-4-27(42)41-12-11-40(15-24(41)19-5-6-19)26-10-8-22-29(38-26)30(35-16-34-22)37-21-7-9-25(18(2)28(21)32)43-20-13-23-31(33-14-20)39(3)17-36-23/h4,7-10,13-14,16-17,19,24H,1,5-6,11-12,15H2,2-3H3,(H,34,35,37). The second kappa shape index (κ2) is 10.6. The van der Waals surface area contributed by atoms with E-state index in [0.29, 0.717) is 65.0 Å². The van der Waals surface area contributed by atoms with Gasteiger partial charge in [0.25, 0.3) is 0 Å². The number of pyridine rings is 2. The van der Waals surface area contributed by atoms with Crippen LogP contribution in [0, 0.1) is 18.7 Å². The van der Waals surface area contributed by atoms with Crippen LogP contribution in [0.15, 0.2) is 61.8 Å². The zero-order chi connectivity index (χ0) is 29.7. The maximum Gasteiger partial charge on any atom is 0.246 e. The Morgan fingerprint density at radius 3 is 2.79 bits per heavy atom. The second-order valence-electron chi connectivity index (χ2n) is 11.0. The number of nitrogens with one attached hydrogen (secondary N) is 1. The Morgan fingerprint density at radius 2 is 1.98 bits per heavy atom. The highest BCUT2D eigenvalue weighted by atomic mass is 19.1. The molecule has 1 aliphatic heterocycles. The van der Waals surface area contributed by atoms with Crippen molar-refractivity contribution in [2.24, 2.45) is 13.0 Å². The van der Waals surface area contributed by atoms with E-state index in [-0.39, 0.29) is 17.6 Å². The number of carbonyl (C=O) groups is 1. The van der Waals surface area contributed by atoms with Crippen molar-refractivity contribution in [2.75, 3.05) is 29.9 Å². The lowest BCUT2D eigenvalue weighted by molar-refractivity contribution is -0.129. The number of anilines is 3. The highest BCUT2D eigenvalue weighted by Crippen LogP contribution is 2.38. The number of halogens is 1. The number of rotatable bonds is 7. The molecule has 218 valence electrons. The van der Waals surface area contributed by atoms with Gasteiger partial charge in [-0.2, -0.15) is 0 Å². The lowest BCUT2D eigenvalue weighted by Crippen LogP contribution is -2.56. The number of benzene rings is 1. The molecule has 2 aliphatic rings. The van der Waals surface area contributed by atoms with Crippen LogP contribution in [-0.4, -0.2) is 66.0 Å². The molecule has 1 atom stereocenters. The van der Waals surface area contributed by atoms with Gasteiger partial charge in [0.05, 0.1) is 29.8 Å². The third kappa shape index (κ3) is 4.98. The van der Waals surface area contributed by atoms with Gasteiger partial charge in [0.1, 0.15) is 34.7 Å². The van der Waals surface area contributed by atoms with Gasteiger partial charge >= 0.3 is 0 Å². The largest absolute Gasteiger partial charge is 0.455 e. The van der Waals surface area contributed by atoms with Crippen LogP contribution in [0.2, 0.25) is 0 Å². The number of ether oxygens (including phenoxy) is 1. The van der Waals surface area contributed by atoms with Crippen LogP contribution in [0.25, 0.3) is 22.2 Å². The van der Waals surface area contributed by atoms with Gasteiger partial charge in [0.2, 0.25) is 5.91 Å². The van der Waals surface area contributed by atoms with Gasteiger partial charge in [-0.15, -0.1) is 0 Å².